The highest BCUT2D eigenvalue weighted by Crippen LogP contribution is 2.28. The first-order valence-electron chi connectivity index (χ1n) is 7.06. The number of nitrogens with one attached hydrogen (secondary N) is 1. The number of aromatic nitrogens is 2. The van der Waals surface area contributed by atoms with Crippen molar-refractivity contribution in [3.05, 3.63) is 74.7 Å². The van der Waals surface area contributed by atoms with Gasteiger partial charge in [-0.3, -0.25) is 4.79 Å². The molecule has 23 heavy (non-hydrogen) atoms. The summed E-state index contributed by atoms with van der Waals surface area (Å²) < 4.78 is 6.50. The third kappa shape index (κ3) is 2.36. The standard InChI is InChI=1S/C17H12BrN3O2/c18-10-6-7-12-11(8-10)14-15(23-12)17(22)21-16(20-14)13(19)9-4-2-1-3-5-9/h1-8,13H,19H2,(H,20,21,22)/t13-/m0/s1. The van der Waals surface area contributed by atoms with Gasteiger partial charge in [0.05, 0.1) is 6.04 Å². The first-order valence-corrected chi connectivity index (χ1v) is 7.85. The number of rotatable bonds is 2. The van der Waals surface area contributed by atoms with Crippen molar-refractivity contribution in [1.29, 1.82) is 0 Å². The second-order valence-corrected chi connectivity index (χ2v) is 6.18. The highest BCUT2D eigenvalue weighted by Gasteiger charge is 2.17. The predicted octanol–water partition coefficient (Wildman–Crippen LogP) is 3.48. The Morgan fingerprint density at radius 3 is 2.74 bits per heavy atom. The molecule has 6 heteroatoms. The van der Waals surface area contributed by atoms with E-state index >= 15 is 0 Å². The minimum Gasteiger partial charge on any atom is -0.449 e. The maximum Gasteiger partial charge on any atom is 0.294 e. The quantitative estimate of drug-likeness (QED) is 0.566. The van der Waals surface area contributed by atoms with Crippen molar-refractivity contribution in [2.75, 3.05) is 0 Å². The summed E-state index contributed by atoms with van der Waals surface area (Å²) in [6, 6.07) is 14.5. The van der Waals surface area contributed by atoms with Crippen molar-refractivity contribution >= 4 is 38.0 Å². The van der Waals surface area contributed by atoms with E-state index in [-0.39, 0.29) is 11.1 Å². The van der Waals surface area contributed by atoms with Crippen LogP contribution >= 0.6 is 15.9 Å². The van der Waals surface area contributed by atoms with Crippen LogP contribution in [0.3, 0.4) is 0 Å². The summed E-state index contributed by atoms with van der Waals surface area (Å²) in [7, 11) is 0. The number of benzene rings is 2. The Labute approximate surface area is 139 Å². The zero-order chi connectivity index (χ0) is 16.0. The molecule has 2 aromatic carbocycles. The van der Waals surface area contributed by atoms with Crippen molar-refractivity contribution in [1.82, 2.24) is 9.97 Å². The Morgan fingerprint density at radius 2 is 1.96 bits per heavy atom. The van der Waals surface area contributed by atoms with E-state index in [0.717, 1.165) is 15.4 Å². The van der Waals surface area contributed by atoms with Gasteiger partial charge in [0, 0.05) is 9.86 Å². The zero-order valence-corrected chi connectivity index (χ0v) is 13.5. The number of furan rings is 1. The van der Waals surface area contributed by atoms with E-state index in [4.69, 9.17) is 10.2 Å². The normalized spacial score (nSPS) is 12.8. The molecule has 114 valence electrons. The van der Waals surface area contributed by atoms with E-state index in [1.54, 1.807) is 6.07 Å². The van der Waals surface area contributed by atoms with Crippen LogP contribution in [0.1, 0.15) is 17.4 Å². The van der Waals surface area contributed by atoms with Crippen molar-refractivity contribution in [2.45, 2.75) is 6.04 Å². The van der Waals surface area contributed by atoms with E-state index in [2.05, 4.69) is 25.9 Å². The molecule has 0 saturated heterocycles. The molecule has 0 fully saturated rings. The zero-order valence-electron chi connectivity index (χ0n) is 11.9. The summed E-state index contributed by atoms with van der Waals surface area (Å²) >= 11 is 3.43. The molecule has 0 saturated carbocycles. The molecular formula is C17H12BrN3O2. The minimum absolute atomic E-state index is 0.210. The van der Waals surface area contributed by atoms with Crippen LogP contribution in [0.25, 0.3) is 22.1 Å². The molecule has 4 rings (SSSR count). The first kappa shape index (κ1) is 14.2. The van der Waals surface area contributed by atoms with E-state index < -0.39 is 6.04 Å². The summed E-state index contributed by atoms with van der Waals surface area (Å²) in [5.41, 5.74) is 8.14. The van der Waals surface area contributed by atoms with Gasteiger partial charge in [-0.05, 0) is 23.8 Å². The van der Waals surface area contributed by atoms with Gasteiger partial charge >= 0.3 is 0 Å². The molecule has 0 aliphatic rings. The molecule has 5 nitrogen and oxygen atoms in total. The van der Waals surface area contributed by atoms with Gasteiger partial charge in [0.2, 0.25) is 5.58 Å². The lowest BCUT2D eigenvalue weighted by atomic mass is 10.1. The minimum atomic E-state index is -0.509. The SMILES string of the molecule is N[C@@H](c1ccccc1)c1nc2c(oc3ccc(Br)cc32)c(=O)[nH]1. The molecule has 0 bridgehead atoms. The Balaban J connectivity index is 1.97. The van der Waals surface area contributed by atoms with Gasteiger partial charge in [0.15, 0.2) is 0 Å². The Kier molecular flexibility index (Phi) is 3.28. The number of hydrogen-bond acceptors (Lipinski definition) is 4. The molecule has 0 spiro atoms. The average molecular weight is 370 g/mol. The molecule has 0 radical (unpaired) electrons. The molecule has 3 N–H and O–H groups in total. The summed E-state index contributed by atoms with van der Waals surface area (Å²) in [5.74, 6) is 0.413. The van der Waals surface area contributed by atoms with Gasteiger partial charge < -0.3 is 15.1 Å². The van der Waals surface area contributed by atoms with Gasteiger partial charge in [0.25, 0.3) is 5.56 Å². The van der Waals surface area contributed by atoms with Crippen LogP contribution in [0.2, 0.25) is 0 Å². The molecule has 1 atom stereocenters. The lowest BCUT2D eigenvalue weighted by Crippen LogP contribution is -2.20. The van der Waals surface area contributed by atoms with Crippen molar-refractivity contribution in [3.63, 3.8) is 0 Å². The molecule has 0 unspecified atom stereocenters. The number of H-pyrrole nitrogens is 1. The Hall–Kier alpha value is -2.44. The summed E-state index contributed by atoms with van der Waals surface area (Å²) in [6.45, 7) is 0. The fourth-order valence-electron chi connectivity index (χ4n) is 2.61. The smallest absolute Gasteiger partial charge is 0.294 e. The van der Waals surface area contributed by atoms with Crippen LogP contribution < -0.4 is 11.3 Å². The average Bonchev–Trinajstić information content (AvgIpc) is 2.93. The van der Waals surface area contributed by atoms with Crippen LogP contribution in [-0.2, 0) is 0 Å². The largest absolute Gasteiger partial charge is 0.449 e. The summed E-state index contributed by atoms with van der Waals surface area (Å²) in [6.07, 6.45) is 0. The molecule has 2 aromatic heterocycles. The van der Waals surface area contributed by atoms with E-state index in [1.165, 1.54) is 0 Å². The van der Waals surface area contributed by atoms with Crippen molar-refractivity contribution < 1.29 is 4.42 Å². The fourth-order valence-corrected chi connectivity index (χ4v) is 2.97. The van der Waals surface area contributed by atoms with Gasteiger partial charge in [-0.2, -0.15) is 0 Å². The summed E-state index contributed by atoms with van der Waals surface area (Å²) in [5, 5.41) is 0.780. The second-order valence-electron chi connectivity index (χ2n) is 5.26. The van der Waals surface area contributed by atoms with Crippen LogP contribution in [0.5, 0.6) is 0 Å². The molecule has 4 aromatic rings. The van der Waals surface area contributed by atoms with Crippen LogP contribution in [0.15, 0.2) is 62.2 Å². The summed E-state index contributed by atoms with van der Waals surface area (Å²) in [4.78, 5) is 19.6. The van der Waals surface area contributed by atoms with Crippen LogP contribution in [0, 0.1) is 0 Å². The fraction of sp³-hybridized carbons (Fsp3) is 0.0588. The molecule has 0 aliphatic heterocycles. The number of nitrogens with two attached hydrogens (primary N) is 1. The predicted molar refractivity (Wildman–Crippen MR) is 92.3 cm³/mol. The second kappa shape index (κ2) is 5.33. The monoisotopic (exact) mass is 369 g/mol. The third-order valence-corrected chi connectivity index (χ3v) is 4.25. The molecular weight excluding hydrogens is 358 g/mol. The van der Waals surface area contributed by atoms with E-state index in [1.807, 2.05) is 42.5 Å². The number of nitrogens with zero attached hydrogens (tertiary/aromatic N) is 1. The number of hydrogen-bond donors (Lipinski definition) is 2. The van der Waals surface area contributed by atoms with Crippen molar-refractivity contribution in [2.24, 2.45) is 5.73 Å². The van der Waals surface area contributed by atoms with Crippen molar-refractivity contribution in [3.8, 4) is 0 Å². The number of halogens is 1. The molecule has 2 heterocycles. The van der Waals surface area contributed by atoms with E-state index in [0.29, 0.717) is 16.9 Å². The maximum atomic E-state index is 12.3. The lowest BCUT2D eigenvalue weighted by Gasteiger charge is -2.10. The van der Waals surface area contributed by atoms with E-state index in [9.17, 15) is 4.79 Å². The first-order chi connectivity index (χ1) is 11.1. The van der Waals surface area contributed by atoms with Crippen LogP contribution in [0.4, 0.5) is 0 Å². The highest BCUT2D eigenvalue weighted by molar-refractivity contribution is 9.10. The van der Waals surface area contributed by atoms with Crippen LogP contribution in [-0.4, -0.2) is 9.97 Å². The van der Waals surface area contributed by atoms with Gasteiger partial charge in [-0.15, -0.1) is 0 Å². The lowest BCUT2D eigenvalue weighted by molar-refractivity contribution is 0.657. The highest BCUT2D eigenvalue weighted by atomic mass is 79.9. The maximum absolute atomic E-state index is 12.3. The third-order valence-electron chi connectivity index (χ3n) is 3.76. The topological polar surface area (TPSA) is 84.9 Å². The number of fused-ring (bicyclic) bond motifs is 3. The van der Waals surface area contributed by atoms with Gasteiger partial charge in [-0.25, -0.2) is 4.98 Å². The Morgan fingerprint density at radius 1 is 1.17 bits per heavy atom. The number of aromatic amines is 1. The van der Waals surface area contributed by atoms with Gasteiger partial charge in [-0.1, -0.05) is 46.3 Å². The van der Waals surface area contributed by atoms with Gasteiger partial charge in [0.1, 0.15) is 16.9 Å². The Bertz CT molecular complexity index is 1070. The molecule has 0 aliphatic carbocycles. The molecule has 0 amide bonds.